The molecule has 0 radical (unpaired) electrons. The SMILES string of the molecule is COCCNCCNS(=O)(=O)c1ccc([N+](=O)[O-])cc1C.Cl. The molecule has 0 aliphatic rings. The summed E-state index contributed by atoms with van der Waals surface area (Å²) in [6.07, 6.45) is 0. The Morgan fingerprint density at radius 3 is 2.50 bits per heavy atom. The third kappa shape index (κ3) is 6.24. The summed E-state index contributed by atoms with van der Waals surface area (Å²) in [7, 11) is -2.08. The predicted octanol–water partition coefficient (Wildman–Crippen LogP) is 0.839. The second-order valence-corrected chi connectivity index (χ2v) is 6.08. The standard InChI is InChI=1S/C12H19N3O5S.ClH/c1-10-9-11(15(16)17)3-4-12(10)21(18,19)14-6-5-13-7-8-20-2;/h3-4,9,13-14H,5-8H2,1-2H3;1H. The fourth-order valence-corrected chi connectivity index (χ4v) is 2.96. The number of hydrogen-bond donors (Lipinski definition) is 2. The van der Waals surface area contributed by atoms with Gasteiger partial charge in [-0.15, -0.1) is 12.4 Å². The summed E-state index contributed by atoms with van der Waals surface area (Å²) in [5.74, 6) is 0. The molecule has 0 amide bonds. The quantitative estimate of drug-likeness (QED) is 0.386. The van der Waals surface area contributed by atoms with Gasteiger partial charge in [0.15, 0.2) is 0 Å². The number of rotatable bonds is 9. The molecular formula is C12H20ClN3O5S. The lowest BCUT2D eigenvalue weighted by Crippen LogP contribution is -2.33. The van der Waals surface area contributed by atoms with Crippen molar-refractivity contribution in [2.24, 2.45) is 0 Å². The molecule has 0 unspecified atom stereocenters. The van der Waals surface area contributed by atoms with E-state index in [2.05, 4.69) is 10.0 Å². The van der Waals surface area contributed by atoms with E-state index in [0.29, 0.717) is 25.3 Å². The van der Waals surface area contributed by atoms with Gasteiger partial charge >= 0.3 is 0 Å². The molecule has 0 bridgehead atoms. The van der Waals surface area contributed by atoms with Gasteiger partial charge < -0.3 is 10.1 Å². The van der Waals surface area contributed by atoms with Crippen LogP contribution in [0, 0.1) is 17.0 Å². The Balaban J connectivity index is 0.00000441. The summed E-state index contributed by atoms with van der Waals surface area (Å²) < 4.78 is 31.5. The van der Waals surface area contributed by atoms with Gasteiger partial charge in [0.2, 0.25) is 10.0 Å². The molecule has 0 saturated heterocycles. The van der Waals surface area contributed by atoms with Crippen LogP contribution in [0.3, 0.4) is 0 Å². The van der Waals surface area contributed by atoms with E-state index in [1.54, 1.807) is 7.11 Å². The molecule has 126 valence electrons. The first kappa shape index (κ1) is 20.7. The summed E-state index contributed by atoms with van der Waals surface area (Å²) >= 11 is 0. The first-order valence-electron chi connectivity index (χ1n) is 6.33. The summed E-state index contributed by atoms with van der Waals surface area (Å²) in [4.78, 5) is 10.1. The van der Waals surface area contributed by atoms with Crippen molar-refractivity contribution in [2.75, 3.05) is 33.4 Å². The van der Waals surface area contributed by atoms with E-state index in [9.17, 15) is 18.5 Å². The van der Waals surface area contributed by atoms with Crippen molar-refractivity contribution >= 4 is 28.1 Å². The van der Waals surface area contributed by atoms with E-state index < -0.39 is 14.9 Å². The van der Waals surface area contributed by atoms with E-state index in [1.165, 1.54) is 25.1 Å². The monoisotopic (exact) mass is 353 g/mol. The van der Waals surface area contributed by atoms with Crippen LogP contribution in [0.2, 0.25) is 0 Å². The average molecular weight is 354 g/mol. The molecule has 22 heavy (non-hydrogen) atoms. The molecule has 0 spiro atoms. The highest BCUT2D eigenvalue weighted by molar-refractivity contribution is 7.89. The molecule has 2 N–H and O–H groups in total. The number of nitrogens with one attached hydrogen (secondary N) is 2. The molecular weight excluding hydrogens is 334 g/mol. The fraction of sp³-hybridized carbons (Fsp3) is 0.500. The molecule has 1 rings (SSSR count). The maximum atomic E-state index is 12.1. The Kier molecular flexibility index (Phi) is 9.14. The number of nitro groups is 1. The molecule has 10 heteroatoms. The van der Waals surface area contributed by atoms with Gasteiger partial charge in [-0.05, 0) is 18.6 Å². The van der Waals surface area contributed by atoms with Crippen molar-refractivity contribution in [3.8, 4) is 0 Å². The minimum absolute atomic E-state index is 0. The van der Waals surface area contributed by atoms with E-state index in [-0.39, 0.29) is 29.5 Å². The Morgan fingerprint density at radius 2 is 1.95 bits per heavy atom. The number of methoxy groups -OCH3 is 1. The molecule has 0 heterocycles. The number of aryl methyl sites for hydroxylation is 1. The van der Waals surface area contributed by atoms with E-state index >= 15 is 0 Å². The number of hydrogen-bond acceptors (Lipinski definition) is 6. The maximum Gasteiger partial charge on any atom is 0.269 e. The summed E-state index contributed by atoms with van der Waals surface area (Å²) in [5.41, 5.74) is 0.205. The molecule has 0 atom stereocenters. The Hall–Kier alpha value is -1.26. The van der Waals surface area contributed by atoms with Crippen LogP contribution in [-0.2, 0) is 14.8 Å². The molecule has 1 aromatic rings. The van der Waals surface area contributed by atoms with Gasteiger partial charge in [0.05, 0.1) is 16.4 Å². The van der Waals surface area contributed by atoms with E-state index in [1.807, 2.05) is 0 Å². The van der Waals surface area contributed by atoms with Crippen LogP contribution in [0.4, 0.5) is 5.69 Å². The van der Waals surface area contributed by atoms with E-state index in [4.69, 9.17) is 4.74 Å². The zero-order chi connectivity index (χ0) is 15.9. The summed E-state index contributed by atoms with van der Waals surface area (Å²) in [6.45, 7) is 3.40. The smallest absolute Gasteiger partial charge is 0.269 e. The van der Waals surface area contributed by atoms with Gasteiger partial charge in [0.25, 0.3) is 5.69 Å². The molecule has 0 fully saturated rings. The summed E-state index contributed by atoms with van der Waals surface area (Å²) in [6, 6.07) is 3.66. The highest BCUT2D eigenvalue weighted by Crippen LogP contribution is 2.20. The Morgan fingerprint density at radius 1 is 1.27 bits per heavy atom. The van der Waals surface area contributed by atoms with Crippen molar-refractivity contribution < 1.29 is 18.1 Å². The van der Waals surface area contributed by atoms with Crippen LogP contribution in [0.25, 0.3) is 0 Å². The van der Waals surface area contributed by atoms with Gasteiger partial charge in [-0.1, -0.05) is 0 Å². The number of ether oxygens (including phenoxy) is 1. The lowest BCUT2D eigenvalue weighted by Gasteiger charge is -2.09. The fourth-order valence-electron chi connectivity index (χ4n) is 1.70. The van der Waals surface area contributed by atoms with Crippen molar-refractivity contribution in [2.45, 2.75) is 11.8 Å². The molecule has 8 nitrogen and oxygen atoms in total. The van der Waals surface area contributed by atoms with Crippen LogP contribution < -0.4 is 10.0 Å². The molecule has 0 saturated carbocycles. The van der Waals surface area contributed by atoms with Crippen molar-refractivity contribution in [3.63, 3.8) is 0 Å². The minimum Gasteiger partial charge on any atom is -0.383 e. The number of non-ortho nitro benzene ring substituents is 1. The number of benzene rings is 1. The second kappa shape index (κ2) is 9.70. The number of nitro benzene ring substituents is 1. The molecule has 1 aromatic carbocycles. The maximum absolute atomic E-state index is 12.1. The average Bonchev–Trinajstić information content (AvgIpc) is 2.42. The Bertz CT molecular complexity index is 594. The van der Waals surface area contributed by atoms with Crippen LogP contribution in [0.5, 0.6) is 0 Å². The van der Waals surface area contributed by atoms with Gasteiger partial charge in [-0.3, -0.25) is 10.1 Å². The summed E-state index contributed by atoms with van der Waals surface area (Å²) in [5, 5.41) is 13.6. The lowest BCUT2D eigenvalue weighted by atomic mass is 10.2. The predicted molar refractivity (Wildman–Crippen MR) is 85.0 cm³/mol. The van der Waals surface area contributed by atoms with Gasteiger partial charge in [-0.2, -0.15) is 0 Å². The van der Waals surface area contributed by atoms with Crippen LogP contribution in [0.15, 0.2) is 23.1 Å². The van der Waals surface area contributed by atoms with Gasteiger partial charge in [0, 0.05) is 38.9 Å². The highest BCUT2D eigenvalue weighted by Gasteiger charge is 2.18. The van der Waals surface area contributed by atoms with Gasteiger partial charge in [-0.25, -0.2) is 13.1 Å². The van der Waals surface area contributed by atoms with Crippen molar-refractivity contribution in [1.29, 1.82) is 0 Å². The first-order chi connectivity index (χ1) is 9.88. The Labute approximate surface area is 135 Å². The van der Waals surface area contributed by atoms with Crippen LogP contribution in [0.1, 0.15) is 5.56 Å². The minimum atomic E-state index is -3.67. The van der Waals surface area contributed by atoms with E-state index in [0.717, 1.165) is 0 Å². The second-order valence-electron chi connectivity index (χ2n) is 4.35. The topological polar surface area (TPSA) is 111 Å². The van der Waals surface area contributed by atoms with Crippen molar-refractivity contribution in [3.05, 3.63) is 33.9 Å². The van der Waals surface area contributed by atoms with Crippen molar-refractivity contribution in [1.82, 2.24) is 10.0 Å². The number of nitrogens with zero attached hydrogens (tertiary/aromatic N) is 1. The van der Waals surface area contributed by atoms with Crippen LogP contribution in [-0.4, -0.2) is 46.7 Å². The molecule has 0 aliphatic heterocycles. The third-order valence-corrected chi connectivity index (χ3v) is 4.36. The zero-order valence-corrected chi connectivity index (χ0v) is 14.0. The lowest BCUT2D eigenvalue weighted by molar-refractivity contribution is -0.385. The zero-order valence-electron chi connectivity index (χ0n) is 12.4. The van der Waals surface area contributed by atoms with Gasteiger partial charge in [0.1, 0.15) is 0 Å². The molecule has 0 aliphatic carbocycles. The van der Waals surface area contributed by atoms with Crippen LogP contribution >= 0.6 is 12.4 Å². The highest BCUT2D eigenvalue weighted by atomic mass is 35.5. The first-order valence-corrected chi connectivity index (χ1v) is 7.81. The number of halogens is 1. The normalized spacial score (nSPS) is 11.0. The number of sulfonamides is 1. The largest absolute Gasteiger partial charge is 0.383 e. The third-order valence-electron chi connectivity index (χ3n) is 2.74. The molecule has 0 aromatic heterocycles.